The van der Waals surface area contributed by atoms with E-state index >= 15 is 0 Å². The second-order valence-electron chi connectivity index (χ2n) is 7.28. The van der Waals surface area contributed by atoms with E-state index in [9.17, 15) is 9.59 Å². The Morgan fingerprint density at radius 3 is 2.66 bits per heavy atom. The lowest BCUT2D eigenvalue weighted by Crippen LogP contribution is -2.64. The van der Waals surface area contributed by atoms with Crippen LogP contribution in [-0.4, -0.2) is 59.8 Å². The molecule has 152 valence electrons. The van der Waals surface area contributed by atoms with E-state index in [2.05, 4.69) is 15.9 Å². The highest BCUT2D eigenvalue weighted by Gasteiger charge is 2.60. The maximum atomic E-state index is 13.1. The Kier molecular flexibility index (Phi) is 5.12. The van der Waals surface area contributed by atoms with Crippen molar-refractivity contribution in [3.63, 3.8) is 0 Å². The summed E-state index contributed by atoms with van der Waals surface area (Å²) in [6, 6.07) is 13.4. The molecule has 2 unspecified atom stereocenters. The lowest BCUT2D eigenvalue weighted by atomic mass is 9.81. The van der Waals surface area contributed by atoms with Crippen LogP contribution in [0.1, 0.15) is 10.4 Å². The van der Waals surface area contributed by atoms with Crippen molar-refractivity contribution >= 4 is 45.2 Å². The van der Waals surface area contributed by atoms with Gasteiger partial charge in [-0.25, -0.2) is 4.79 Å². The average Bonchev–Trinajstić information content (AvgIpc) is 3.35. The summed E-state index contributed by atoms with van der Waals surface area (Å²) in [7, 11) is 3.41. The maximum Gasteiger partial charge on any atom is 0.410 e. The number of halogens is 1. The predicted octanol–water partition coefficient (Wildman–Crippen LogP) is 3.31. The summed E-state index contributed by atoms with van der Waals surface area (Å²) < 4.78 is 6.45. The summed E-state index contributed by atoms with van der Waals surface area (Å²) >= 11 is 5.02. The standard InChI is InChI=1S/C20H21BrN4O3S/c1-23-17(26)14-10-25(19(27)28-11-13-6-4-3-5-7-13)12-20(14,24(2)18(23)22)15-8-9-16(21)29-15/h3-9,14,22H,10-12H2,1-2H3. The number of carbonyl (C=O) groups is 2. The number of carbonyl (C=O) groups excluding carboxylic acids is 2. The van der Waals surface area contributed by atoms with Crippen molar-refractivity contribution in [1.29, 1.82) is 5.41 Å². The van der Waals surface area contributed by atoms with Crippen molar-refractivity contribution in [3.05, 3.63) is 56.7 Å². The number of fused-ring (bicyclic) bond motifs is 1. The normalized spacial score (nSPS) is 24.1. The monoisotopic (exact) mass is 476 g/mol. The van der Waals surface area contributed by atoms with Gasteiger partial charge in [-0.2, -0.15) is 0 Å². The molecule has 29 heavy (non-hydrogen) atoms. The molecule has 0 radical (unpaired) electrons. The van der Waals surface area contributed by atoms with Crippen LogP contribution in [0.4, 0.5) is 4.79 Å². The third-order valence-corrected chi connectivity index (χ3v) is 7.53. The molecule has 7 nitrogen and oxygen atoms in total. The SMILES string of the molecule is CN1C(=N)N(C)C2(c3ccc(Br)s3)CN(C(=O)OCc3ccccc3)CC2C1=O. The average molecular weight is 477 g/mol. The third kappa shape index (κ3) is 3.22. The Hall–Kier alpha value is -2.39. The van der Waals surface area contributed by atoms with Crippen LogP contribution < -0.4 is 0 Å². The molecular weight excluding hydrogens is 456 g/mol. The quantitative estimate of drug-likeness (QED) is 0.736. The molecule has 0 aliphatic carbocycles. The number of nitrogens with one attached hydrogen (secondary N) is 1. The van der Waals surface area contributed by atoms with Crippen LogP contribution in [0.15, 0.2) is 46.3 Å². The largest absolute Gasteiger partial charge is 0.445 e. The van der Waals surface area contributed by atoms with E-state index in [1.807, 2.05) is 54.4 Å². The third-order valence-electron chi connectivity index (χ3n) is 5.74. The van der Waals surface area contributed by atoms with Crippen molar-refractivity contribution in [2.45, 2.75) is 12.1 Å². The van der Waals surface area contributed by atoms with Gasteiger partial charge in [0.15, 0.2) is 0 Å². The van der Waals surface area contributed by atoms with E-state index in [0.717, 1.165) is 14.2 Å². The van der Waals surface area contributed by atoms with E-state index in [-0.39, 0.29) is 31.6 Å². The van der Waals surface area contributed by atoms with Gasteiger partial charge in [0.2, 0.25) is 11.9 Å². The number of likely N-dealkylation sites (N-methyl/N-ethyl adjacent to an activating group) is 1. The fraction of sp³-hybridized carbons (Fsp3) is 0.350. The maximum absolute atomic E-state index is 13.1. The Morgan fingerprint density at radius 2 is 2.00 bits per heavy atom. The van der Waals surface area contributed by atoms with Crippen LogP contribution in [0.25, 0.3) is 0 Å². The number of benzene rings is 1. The van der Waals surface area contributed by atoms with Gasteiger partial charge in [-0.05, 0) is 33.6 Å². The van der Waals surface area contributed by atoms with Crippen LogP contribution in [-0.2, 0) is 21.7 Å². The summed E-state index contributed by atoms with van der Waals surface area (Å²) in [5, 5.41) is 8.42. The highest BCUT2D eigenvalue weighted by molar-refractivity contribution is 9.11. The first kappa shape index (κ1) is 19.9. The number of amides is 2. The minimum absolute atomic E-state index is 0.121. The molecular formula is C20H21BrN4O3S. The number of hydrogen-bond donors (Lipinski definition) is 1. The number of thiophene rings is 1. The zero-order chi connectivity index (χ0) is 20.8. The van der Waals surface area contributed by atoms with E-state index in [1.165, 1.54) is 16.2 Å². The topological polar surface area (TPSA) is 76.9 Å². The minimum Gasteiger partial charge on any atom is -0.445 e. The summed E-state index contributed by atoms with van der Waals surface area (Å²) in [5.74, 6) is -0.507. The molecule has 4 rings (SSSR count). The number of guanidine groups is 1. The highest BCUT2D eigenvalue weighted by Crippen LogP contribution is 2.48. The smallest absolute Gasteiger partial charge is 0.410 e. The van der Waals surface area contributed by atoms with Gasteiger partial charge in [-0.1, -0.05) is 30.3 Å². The molecule has 0 spiro atoms. The molecule has 1 N–H and O–H groups in total. The molecule has 2 fully saturated rings. The summed E-state index contributed by atoms with van der Waals surface area (Å²) in [4.78, 5) is 31.6. The van der Waals surface area contributed by atoms with Crippen LogP contribution in [0, 0.1) is 11.3 Å². The van der Waals surface area contributed by atoms with Gasteiger partial charge in [0.1, 0.15) is 12.1 Å². The molecule has 2 aromatic rings. The molecule has 2 amide bonds. The molecule has 1 aromatic heterocycles. The molecule has 9 heteroatoms. The first-order valence-corrected chi connectivity index (χ1v) is 10.8. The fourth-order valence-corrected chi connectivity index (χ4v) is 5.78. The molecule has 2 aliphatic rings. The summed E-state index contributed by atoms with van der Waals surface area (Å²) in [6.07, 6.45) is -0.450. The van der Waals surface area contributed by atoms with E-state index in [4.69, 9.17) is 10.1 Å². The van der Waals surface area contributed by atoms with Crippen molar-refractivity contribution in [2.75, 3.05) is 27.2 Å². The number of nitrogens with zero attached hydrogens (tertiary/aromatic N) is 3. The van der Waals surface area contributed by atoms with Gasteiger partial charge in [-0.3, -0.25) is 15.1 Å². The van der Waals surface area contributed by atoms with Crippen molar-refractivity contribution in [2.24, 2.45) is 5.92 Å². The van der Waals surface area contributed by atoms with Gasteiger partial charge in [0.05, 0.1) is 16.2 Å². The summed E-state index contributed by atoms with van der Waals surface area (Å²) in [6.45, 7) is 0.721. The Morgan fingerprint density at radius 1 is 1.28 bits per heavy atom. The zero-order valence-corrected chi connectivity index (χ0v) is 18.5. The molecule has 1 aromatic carbocycles. The molecule has 2 saturated heterocycles. The predicted molar refractivity (Wildman–Crippen MR) is 114 cm³/mol. The van der Waals surface area contributed by atoms with E-state index in [0.29, 0.717) is 0 Å². The lowest BCUT2D eigenvalue weighted by Gasteiger charge is -2.48. The Bertz CT molecular complexity index is 966. The van der Waals surface area contributed by atoms with Crippen molar-refractivity contribution < 1.29 is 14.3 Å². The van der Waals surface area contributed by atoms with Crippen LogP contribution in [0.2, 0.25) is 0 Å². The lowest BCUT2D eigenvalue weighted by molar-refractivity contribution is -0.137. The second kappa shape index (κ2) is 7.46. The summed E-state index contributed by atoms with van der Waals surface area (Å²) in [5.41, 5.74) is 0.132. The highest BCUT2D eigenvalue weighted by atomic mass is 79.9. The number of hydrogen-bond acceptors (Lipinski definition) is 5. The van der Waals surface area contributed by atoms with Crippen molar-refractivity contribution in [1.82, 2.24) is 14.7 Å². The number of ether oxygens (including phenoxy) is 1. The van der Waals surface area contributed by atoms with Crippen LogP contribution in [0.5, 0.6) is 0 Å². The fourth-order valence-electron chi connectivity index (χ4n) is 4.12. The van der Waals surface area contributed by atoms with Gasteiger partial charge >= 0.3 is 6.09 Å². The van der Waals surface area contributed by atoms with Gasteiger partial charge in [-0.15, -0.1) is 11.3 Å². The first-order chi connectivity index (χ1) is 13.8. The molecule has 3 heterocycles. The van der Waals surface area contributed by atoms with Crippen LogP contribution in [0.3, 0.4) is 0 Å². The van der Waals surface area contributed by atoms with E-state index in [1.54, 1.807) is 11.9 Å². The number of rotatable bonds is 3. The molecule has 2 atom stereocenters. The van der Waals surface area contributed by atoms with Gasteiger partial charge < -0.3 is 14.5 Å². The van der Waals surface area contributed by atoms with Gasteiger partial charge in [0.25, 0.3) is 0 Å². The van der Waals surface area contributed by atoms with E-state index < -0.39 is 17.6 Å². The molecule has 2 aliphatic heterocycles. The van der Waals surface area contributed by atoms with Crippen LogP contribution >= 0.6 is 27.3 Å². The Labute approximate surface area is 181 Å². The molecule has 0 saturated carbocycles. The second-order valence-corrected chi connectivity index (χ2v) is 9.74. The molecule has 0 bridgehead atoms. The first-order valence-electron chi connectivity index (χ1n) is 9.16. The van der Waals surface area contributed by atoms with Gasteiger partial charge in [0, 0.05) is 25.5 Å². The minimum atomic E-state index is -0.775. The number of likely N-dealkylation sites (tertiary alicyclic amines) is 1. The Balaban J connectivity index is 1.63. The zero-order valence-electron chi connectivity index (χ0n) is 16.1. The van der Waals surface area contributed by atoms with Crippen molar-refractivity contribution in [3.8, 4) is 0 Å².